The van der Waals surface area contributed by atoms with Gasteiger partial charge in [0, 0.05) is 31.8 Å². The molecule has 0 spiro atoms. The van der Waals surface area contributed by atoms with Gasteiger partial charge >= 0.3 is 0 Å². The fourth-order valence-electron chi connectivity index (χ4n) is 2.28. The minimum Gasteiger partial charge on any atom is -0.497 e. The van der Waals surface area contributed by atoms with Crippen molar-refractivity contribution < 1.29 is 24.0 Å². The predicted octanol–water partition coefficient (Wildman–Crippen LogP) is 1.85. The van der Waals surface area contributed by atoms with Gasteiger partial charge in [-0.1, -0.05) is 12.1 Å². The van der Waals surface area contributed by atoms with Gasteiger partial charge in [0.25, 0.3) is 11.6 Å². The number of amides is 2. The summed E-state index contributed by atoms with van der Waals surface area (Å²) in [5.41, 5.74) is 1.04. The molecule has 9 heteroatoms. The van der Waals surface area contributed by atoms with Crippen molar-refractivity contribution in [3.63, 3.8) is 0 Å². The third-order valence-electron chi connectivity index (χ3n) is 3.87. The summed E-state index contributed by atoms with van der Waals surface area (Å²) >= 11 is 0. The smallest absolute Gasteiger partial charge is 0.270 e. The summed E-state index contributed by atoms with van der Waals surface area (Å²) in [5.74, 6) is 0.225. The summed E-state index contributed by atoms with van der Waals surface area (Å²) in [5, 5.41) is 13.6. The topological polar surface area (TPSA) is 111 Å². The summed E-state index contributed by atoms with van der Waals surface area (Å²) in [7, 11) is 4.71. The second-order valence-corrected chi connectivity index (χ2v) is 6.02. The molecule has 1 N–H and O–H groups in total. The van der Waals surface area contributed by atoms with Crippen LogP contribution in [-0.2, 0) is 9.59 Å². The molecule has 0 fully saturated rings. The lowest BCUT2D eigenvalue weighted by molar-refractivity contribution is -0.384. The lowest BCUT2D eigenvalue weighted by Crippen LogP contribution is -2.38. The van der Waals surface area contributed by atoms with Crippen LogP contribution in [0.2, 0.25) is 0 Å². The van der Waals surface area contributed by atoms with Crippen LogP contribution in [0.3, 0.4) is 0 Å². The molecule has 0 atom stereocenters. The van der Waals surface area contributed by atoms with E-state index in [-0.39, 0.29) is 24.7 Å². The molecule has 0 saturated carbocycles. The van der Waals surface area contributed by atoms with E-state index >= 15 is 0 Å². The fraction of sp³-hybridized carbons (Fsp3) is 0.263. The molecule has 2 rings (SSSR count). The second kappa shape index (κ2) is 9.36. The van der Waals surface area contributed by atoms with Gasteiger partial charge in [-0.15, -0.1) is 0 Å². The Morgan fingerprint density at radius 3 is 2.39 bits per heavy atom. The van der Waals surface area contributed by atoms with Gasteiger partial charge < -0.3 is 19.7 Å². The molecule has 148 valence electrons. The van der Waals surface area contributed by atoms with Gasteiger partial charge in [0.05, 0.1) is 18.6 Å². The van der Waals surface area contributed by atoms with Crippen LogP contribution in [-0.4, -0.2) is 56.0 Å². The van der Waals surface area contributed by atoms with Crippen molar-refractivity contribution in [2.45, 2.75) is 0 Å². The summed E-state index contributed by atoms with van der Waals surface area (Å²) in [6.07, 6.45) is 0. The van der Waals surface area contributed by atoms with Gasteiger partial charge in [-0.25, -0.2) is 0 Å². The van der Waals surface area contributed by atoms with Crippen molar-refractivity contribution in [2.75, 3.05) is 34.4 Å². The van der Waals surface area contributed by atoms with Gasteiger partial charge in [0.2, 0.25) is 5.91 Å². The van der Waals surface area contributed by atoms with Gasteiger partial charge in [-0.3, -0.25) is 19.7 Å². The number of nitro groups is 1. The van der Waals surface area contributed by atoms with Crippen LogP contribution in [0.4, 0.5) is 5.69 Å². The van der Waals surface area contributed by atoms with Crippen molar-refractivity contribution in [1.82, 2.24) is 10.2 Å². The highest BCUT2D eigenvalue weighted by atomic mass is 16.6. The molecule has 0 aromatic heterocycles. The van der Waals surface area contributed by atoms with Gasteiger partial charge in [0.1, 0.15) is 11.5 Å². The number of rotatable bonds is 8. The van der Waals surface area contributed by atoms with E-state index in [2.05, 4.69) is 5.32 Å². The molecule has 0 bridgehead atoms. The van der Waals surface area contributed by atoms with Crippen LogP contribution in [0.5, 0.6) is 11.5 Å². The fourth-order valence-corrected chi connectivity index (χ4v) is 2.28. The summed E-state index contributed by atoms with van der Waals surface area (Å²) in [4.78, 5) is 35.4. The molecule has 9 nitrogen and oxygen atoms in total. The number of nitro benzene ring substituents is 1. The summed E-state index contributed by atoms with van der Waals surface area (Å²) in [6.45, 7) is -0.470. The predicted molar refractivity (Wildman–Crippen MR) is 102 cm³/mol. The zero-order valence-corrected chi connectivity index (χ0v) is 15.8. The van der Waals surface area contributed by atoms with E-state index in [9.17, 15) is 19.7 Å². The van der Waals surface area contributed by atoms with Crippen molar-refractivity contribution in [2.24, 2.45) is 0 Å². The number of hydrogen-bond donors (Lipinski definition) is 1. The number of nitrogens with one attached hydrogen (secondary N) is 1. The number of non-ortho nitro benzene ring substituents is 1. The normalized spacial score (nSPS) is 10.1. The van der Waals surface area contributed by atoms with Crippen LogP contribution in [0, 0.1) is 10.1 Å². The number of carbonyl (C=O) groups excluding carboxylic acids is 2. The van der Waals surface area contributed by atoms with Crippen molar-refractivity contribution in [3.05, 3.63) is 52.6 Å². The minimum absolute atomic E-state index is 0.0980. The third kappa shape index (κ3) is 5.44. The molecular weight excluding hydrogens is 366 g/mol. The molecule has 0 radical (unpaired) electrons. The molecule has 28 heavy (non-hydrogen) atoms. The number of methoxy groups -OCH3 is 1. The van der Waals surface area contributed by atoms with Crippen LogP contribution in [0.25, 0.3) is 11.1 Å². The van der Waals surface area contributed by atoms with Crippen LogP contribution < -0.4 is 14.8 Å². The highest BCUT2D eigenvalue weighted by molar-refractivity contribution is 5.85. The van der Waals surface area contributed by atoms with Crippen LogP contribution in [0.1, 0.15) is 0 Å². The number of likely N-dealkylation sites (N-methyl/N-ethyl adjacent to an activating group) is 1. The Morgan fingerprint density at radius 1 is 1.14 bits per heavy atom. The average molecular weight is 387 g/mol. The Kier molecular flexibility index (Phi) is 6.91. The molecule has 2 amide bonds. The summed E-state index contributed by atoms with van der Waals surface area (Å²) < 4.78 is 10.7. The van der Waals surface area contributed by atoms with Gasteiger partial charge in [-0.05, 0) is 23.8 Å². The molecule has 0 saturated heterocycles. The molecule has 2 aromatic carbocycles. The standard InChI is InChI=1S/C19H21N3O6/c1-21(2)19(24)11-20-18(23)12-28-17-9-6-14(22(25)26)10-16(17)13-4-7-15(27-3)8-5-13/h4-10H,11-12H2,1-3H3,(H,20,23). The Bertz CT molecular complexity index is 864. The average Bonchev–Trinajstić information content (AvgIpc) is 2.70. The Labute approximate surface area is 162 Å². The zero-order chi connectivity index (χ0) is 20.7. The van der Waals surface area contributed by atoms with E-state index in [1.165, 1.54) is 30.2 Å². The first-order chi connectivity index (χ1) is 13.3. The van der Waals surface area contributed by atoms with E-state index in [1.54, 1.807) is 38.4 Å². The van der Waals surface area contributed by atoms with Crippen molar-refractivity contribution in [3.8, 4) is 22.6 Å². The maximum absolute atomic E-state index is 11.9. The highest BCUT2D eigenvalue weighted by Gasteiger charge is 2.15. The SMILES string of the molecule is COc1ccc(-c2cc([N+](=O)[O-])ccc2OCC(=O)NCC(=O)N(C)C)cc1. The van der Waals surface area contributed by atoms with Gasteiger partial charge in [0.15, 0.2) is 6.61 Å². The van der Waals surface area contributed by atoms with Gasteiger partial charge in [-0.2, -0.15) is 0 Å². The maximum atomic E-state index is 11.9. The highest BCUT2D eigenvalue weighted by Crippen LogP contribution is 2.34. The van der Waals surface area contributed by atoms with E-state index in [0.717, 1.165) is 0 Å². The number of nitrogens with zero attached hydrogens (tertiary/aromatic N) is 2. The first-order valence-corrected chi connectivity index (χ1v) is 8.34. The largest absolute Gasteiger partial charge is 0.497 e. The first-order valence-electron chi connectivity index (χ1n) is 8.34. The minimum atomic E-state index is -0.504. The molecule has 0 unspecified atom stereocenters. The number of ether oxygens (including phenoxy) is 2. The number of hydrogen-bond acceptors (Lipinski definition) is 6. The summed E-state index contributed by atoms with van der Waals surface area (Å²) in [6, 6.07) is 11.0. The van der Waals surface area contributed by atoms with E-state index < -0.39 is 10.8 Å². The quantitative estimate of drug-likeness (QED) is 0.547. The Hall–Kier alpha value is -3.62. The molecule has 2 aromatic rings. The Balaban J connectivity index is 2.17. The van der Waals surface area contributed by atoms with Crippen molar-refractivity contribution in [1.29, 1.82) is 0 Å². The molecule has 0 aliphatic rings. The second-order valence-electron chi connectivity index (χ2n) is 6.02. The molecule has 0 aliphatic carbocycles. The number of benzene rings is 2. The Morgan fingerprint density at radius 2 is 1.82 bits per heavy atom. The molecular formula is C19H21N3O6. The van der Waals surface area contributed by atoms with E-state index in [1.807, 2.05) is 0 Å². The zero-order valence-electron chi connectivity index (χ0n) is 15.8. The van der Waals surface area contributed by atoms with E-state index in [4.69, 9.17) is 9.47 Å². The monoisotopic (exact) mass is 387 g/mol. The van der Waals surface area contributed by atoms with Crippen molar-refractivity contribution >= 4 is 17.5 Å². The van der Waals surface area contributed by atoms with Crippen LogP contribution >= 0.6 is 0 Å². The lowest BCUT2D eigenvalue weighted by Gasteiger charge is -2.13. The van der Waals surface area contributed by atoms with Crippen LogP contribution in [0.15, 0.2) is 42.5 Å². The molecule has 0 heterocycles. The lowest BCUT2D eigenvalue weighted by atomic mass is 10.0. The maximum Gasteiger partial charge on any atom is 0.270 e. The number of carbonyl (C=O) groups is 2. The molecule has 0 aliphatic heterocycles. The third-order valence-corrected chi connectivity index (χ3v) is 3.87. The van der Waals surface area contributed by atoms with E-state index in [0.29, 0.717) is 22.6 Å². The first kappa shape index (κ1) is 20.7.